The van der Waals surface area contributed by atoms with Crippen LogP contribution in [0.25, 0.3) is 5.65 Å². The van der Waals surface area contributed by atoms with Gasteiger partial charge >= 0.3 is 0 Å². The second-order valence-electron chi connectivity index (χ2n) is 5.63. The highest BCUT2D eigenvalue weighted by atomic mass is 16.2. The molecule has 1 aliphatic rings. The number of aromatic nitrogens is 2. The fraction of sp³-hybridized carbons (Fsp3) is 0.467. The van der Waals surface area contributed by atoms with Gasteiger partial charge in [0, 0.05) is 37.7 Å². The van der Waals surface area contributed by atoms with E-state index in [-0.39, 0.29) is 11.9 Å². The van der Waals surface area contributed by atoms with Crippen molar-refractivity contribution >= 4 is 11.6 Å². The van der Waals surface area contributed by atoms with E-state index in [4.69, 9.17) is 5.73 Å². The van der Waals surface area contributed by atoms with Gasteiger partial charge in [0.05, 0.1) is 5.56 Å². The third-order valence-electron chi connectivity index (χ3n) is 4.15. The largest absolute Gasteiger partial charge is 0.334 e. The summed E-state index contributed by atoms with van der Waals surface area (Å²) in [6, 6.07) is 3.87. The summed E-state index contributed by atoms with van der Waals surface area (Å²) in [4.78, 5) is 18.8. The predicted octanol–water partition coefficient (Wildman–Crippen LogP) is 1.53. The van der Waals surface area contributed by atoms with Gasteiger partial charge in [0.1, 0.15) is 5.65 Å². The van der Waals surface area contributed by atoms with Crippen LogP contribution >= 0.6 is 0 Å². The molecule has 0 spiro atoms. The third kappa shape index (κ3) is 2.29. The zero-order valence-electron chi connectivity index (χ0n) is 11.7. The third-order valence-corrected chi connectivity index (χ3v) is 4.15. The summed E-state index contributed by atoms with van der Waals surface area (Å²) in [5.74, 6) is 0.715. The van der Waals surface area contributed by atoms with Gasteiger partial charge in [-0.15, -0.1) is 0 Å². The van der Waals surface area contributed by atoms with E-state index in [0.29, 0.717) is 18.0 Å². The second-order valence-corrected chi connectivity index (χ2v) is 5.63. The van der Waals surface area contributed by atoms with Crippen LogP contribution in [0.3, 0.4) is 0 Å². The number of rotatable bonds is 2. The molecule has 3 heterocycles. The van der Waals surface area contributed by atoms with E-state index < -0.39 is 0 Å². The Morgan fingerprint density at radius 1 is 1.50 bits per heavy atom. The van der Waals surface area contributed by atoms with Crippen molar-refractivity contribution in [1.29, 1.82) is 0 Å². The molecule has 1 fully saturated rings. The topological polar surface area (TPSA) is 63.6 Å². The number of amides is 1. The Labute approximate surface area is 118 Å². The lowest BCUT2D eigenvalue weighted by molar-refractivity contribution is 0.0573. The summed E-state index contributed by atoms with van der Waals surface area (Å²) < 4.78 is 1.87. The van der Waals surface area contributed by atoms with Crippen molar-refractivity contribution in [2.75, 3.05) is 13.1 Å². The molecule has 0 saturated carbocycles. The van der Waals surface area contributed by atoms with Crippen LogP contribution in [0.5, 0.6) is 0 Å². The summed E-state index contributed by atoms with van der Waals surface area (Å²) in [5, 5.41) is 0. The van der Waals surface area contributed by atoms with E-state index in [1.807, 2.05) is 33.8 Å². The number of carbonyl (C=O) groups is 1. The van der Waals surface area contributed by atoms with Crippen molar-refractivity contribution in [1.82, 2.24) is 14.3 Å². The maximum atomic E-state index is 12.7. The van der Waals surface area contributed by atoms with Crippen LogP contribution in [0, 0.1) is 5.92 Å². The van der Waals surface area contributed by atoms with Crippen LogP contribution in [-0.2, 0) is 0 Å². The number of nitrogens with zero attached hydrogens (tertiary/aromatic N) is 3. The van der Waals surface area contributed by atoms with Crippen molar-refractivity contribution < 1.29 is 4.79 Å². The number of hydrogen-bond donors (Lipinski definition) is 1. The van der Waals surface area contributed by atoms with Gasteiger partial charge in [0.2, 0.25) is 0 Å². The summed E-state index contributed by atoms with van der Waals surface area (Å²) in [5.41, 5.74) is 7.39. The van der Waals surface area contributed by atoms with Gasteiger partial charge < -0.3 is 15.0 Å². The molecule has 106 valence electrons. The Morgan fingerprint density at radius 3 is 3.15 bits per heavy atom. The van der Waals surface area contributed by atoms with Gasteiger partial charge in [-0.1, -0.05) is 6.92 Å². The van der Waals surface area contributed by atoms with Crippen LogP contribution < -0.4 is 5.73 Å². The predicted molar refractivity (Wildman–Crippen MR) is 77.5 cm³/mol. The molecule has 1 amide bonds. The molecular formula is C15H20N4O. The fourth-order valence-electron chi connectivity index (χ4n) is 2.95. The van der Waals surface area contributed by atoms with Crippen LogP contribution in [-0.4, -0.2) is 39.3 Å². The molecule has 1 saturated heterocycles. The zero-order chi connectivity index (χ0) is 14.1. The first-order chi connectivity index (χ1) is 9.69. The molecule has 2 atom stereocenters. The molecule has 0 aliphatic carbocycles. The number of nitrogens with two attached hydrogens (primary N) is 1. The fourth-order valence-corrected chi connectivity index (χ4v) is 2.95. The molecule has 3 rings (SSSR count). The van der Waals surface area contributed by atoms with Gasteiger partial charge in [0.25, 0.3) is 5.91 Å². The smallest absolute Gasteiger partial charge is 0.255 e. The maximum absolute atomic E-state index is 12.7. The first-order valence-electron chi connectivity index (χ1n) is 7.13. The number of fused-ring (bicyclic) bond motifs is 1. The number of likely N-dealkylation sites (tertiary alicyclic amines) is 1. The number of pyridine rings is 1. The number of piperidine rings is 1. The SMILES string of the molecule is CC1CCN(C(=O)c2ccc3nccn3c2)C(CN)C1. The van der Waals surface area contributed by atoms with Crippen LogP contribution in [0.4, 0.5) is 0 Å². The summed E-state index contributed by atoms with van der Waals surface area (Å²) in [6.07, 6.45) is 7.47. The molecular weight excluding hydrogens is 252 g/mol. The van der Waals surface area contributed by atoms with E-state index in [1.54, 1.807) is 6.20 Å². The molecule has 0 radical (unpaired) electrons. The first kappa shape index (κ1) is 13.1. The molecule has 2 aromatic heterocycles. The molecule has 2 unspecified atom stereocenters. The molecule has 5 nitrogen and oxygen atoms in total. The van der Waals surface area contributed by atoms with Crippen LogP contribution in [0.2, 0.25) is 0 Å². The molecule has 5 heteroatoms. The molecule has 1 aliphatic heterocycles. The number of carbonyl (C=O) groups excluding carboxylic acids is 1. The van der Waals surface area contributed by atoms with E-state index in [0.717, 1.165) is 25.0 Å². The minimum absolute atomic E-state index is 0.0722. The molecule has 2 aromatic rings. The molecule has 20 heavy (non-hydrogen) atoms. The van der Waals surface area contributed by atoms with E-state index >= 15 is 0 Å². The van der Waals surface area contributed by atoms with Crippen molar-refractivity contribution in [3.05, 3.63) is 36.3 Å². The van der Waals surface area contributed by atoms with E-state index in [9.17, 15) is 4.79 Å². The maximum Gasteiger partial charge on any atom is 0.255 e. The van der Waals surface area contributed by atoms with Crippen LogP contribution in [0.15, 0.2) is 30.7 Å². The Hall–Kier alpha value is -1.88. The van der Waals surface area contributed by atoms with Gasteiger partial charge in [-0.25, -0.2) is 4.98 Å². The highest BCUT2D eigenvalue weighted by Crippen LogP contribution is 2.23. The average Bonchev–Trinajstić information content (AvgIpc) is 2.93. The lowest BCUT2D eigenvalue weighted by Crippen LogP contribution is -2.49. The standard InChI is InChI=1S/C15H20N4O/c1-11-4-6-19(13(8-11)9-16)15(20)12-2-3-14-17-5-7-18(14)10-12/h2-3,5,7,10-11,13H,4,6,8-9,16H2,1H3. The van der Waals surface area contributed by atoms with Gasteiger partial charge in [-0.2, -0.15) is 0 Å². The van der Waals surface area contributed by atoms with Gasteiger partial charge in [-0.3, -0.25) is 4.79 Å². The normalized spacial score (nSPS) is 23.2. The highest BCUT2D eigenvalue weighted by Gasteiger charge is 2.29. The minimum atomic E-state index is 0.0722. The Kier molecular flexibility index (Phi) is 3.44. The zero-order valence-corrected chi connectivity index (χ0v) is 11.7. The summed E-state index contributed by atoms with van der Waals surface area (Å²) in [7, 11) is 0. The number of hydrogen-bond acceptors (Lipinski definition) is 3. The monoisotopic (exact) mass is 272 g/mol. The lowest BCUT2D eigenvalue weighted by Gasteiger charge is -2.38. The van der Waals surface area contributed by atoms with Crippen molar-refractivity contribution in [2.45, 2.75) is 25.8 Å². The second kappa shape index (κ2) is 5.25. The van der Waals surface area contributed by atoms with Crippen LogP contribution in [0.1, 0.15) is 30.1 Å². The first-order valence-corrected chi connectivity index (χ1v) is 7.13. The Balaban J connectivity index is 1.86. The number of imidazole rings is 1. The quantitative estimate of drug-likeness (QED) is 0.902. The molecule has 0 bridgehead atoms. The summed E-state index contributed by atoms with van der Waals surface area (Å²) in [6.45, 7) is 3.55. The highest BCUT2D eigenvalue weighted by molar-refractivity contribution is 5.94. The van der Waals surface area contributed by atoms with Gasteiger partial charge in [-0.05, 0) is 30.9 Å². The van der Waals surface area contributed by atoms with Gasteiger partial charge in [0.15, 0.2) is 0 Å². The average molecular weight is 272 g/mol. The molecule has 0 aromatic carbocycles. The lowest BCUT2D eigenvalue weighted by atomic mass is 9.92. The summed E-state index contributed by atoms with van der Waals surface area (Å²) >= 11 is 0. The molecule has 2 N–H and O–H groups in total. The minimum Gasteiger partial charge on any atom is -0.334 e. The Bertz CT molecular complexity index is 621. The van der Waals surface area contributed by atoms with E-state index in [1.165, 1.54) is 0 Å². The van der Waals surface area contributed by atoms with E-state index in [2.05, 4.69) is 11.9 Å². The Morgan fingerprint density at radius 2 is 2.35 bits per heavy atom. The van der Waals surface area contributed by atoms with Crippen molar-refractivity contribution in [3.63, 3.8) is 0 Å². The van der Waals surface area contributed by atoms with Crippen molar-refractivity contribution in [3.8, 4) is 0 Å². The van der Waals surface area contributed by atoms with Crippen molar-refractivity contribution in [2.24, 2.45) is 11.7 Å².